The van der Waals surface area contributed by atoms with Gasteiger partial charge in [-0.15, -0.1) is 12.3 Å². The molecule has 1 atom stereocenters. The predicted octanol–water partition coefficient (Wildman–Crippen LogP) is 0.500. The average molecular weight is 141 g/mol. The summed E-state index contributed by atoms with van der Waals surface area (Å²) in [7, 11) is 0. The van der Waals surface area contributed by atoms with Crippen LogP contribution in [0.5, 0.6) is 0 Å². The summed E-state index contributed by atoms with van der Waals surface area (Å²) in [5.41, 5.74) is 4.61. The second-order valence-corrected chi connectivity index (χ2v) is 2.49. The highest BCUT2D eigenvalue weighted by Crippen LogP contribution is 2.14. The van der Waals surface area contributed by atoms with E-state index in [2.05, 4.69) is 5.92 Å². The number of rotatable bonds is 4. The zero-order valence-corrected chi connectivity index (χ0v) is 6.43. The molecule has 0 bridgehead atoms. The molecule has 0 aliphatic carbocycles. The fourth-order valence-corrected chi connectivity index (χ4v) is 0.728. The number of aliphatic hydroxyl groups is 1. The van der Waals surface area contributed by atoms with Gasteiger partial charge < -0.3 is 10.8 Å². The molecular weight excluding hydrogens is 126 g/mol. The van der Waals surface area contributed by atoms with Gasteiger partial charge in [0.2, 0.25) is 0 Å². The number of terminal acetylenes is 1. The lowest BCUT2D eigenvalue weighted by molar-refractivity contribution is 0.0379. The fourth-order valence-electron chi connectivity index (χ4n) is 0.728. The lowest BCUT2D eigenvalue weighted by atomic mass is 9.95. The highest BCUT2D eigenvalue weighted by Gasteiger charge is 2.20. The van der Waals surface area contributed by atoms with E-state index in [1.807, 2.05) is 6.92 Å². The second-order valence-electron chi connectivity index (χ2n) is 2.49. The van der Waals surface area contributed by atoms with Crippen LogP contribution < -0.4 is 5.73 Å². The van der Waals surface area contributed by atoms with Crippen molar-refractivity contribution in [3.05, 3.63) is 0 Å². The summed E-state index contributed by atoms with van der Waals surface area (Å²) in [6.07, 6.45) is 6.92. The van der Waals surface area contributed by atoms with Gasteiger partial charge in [0.1, 0.15) is 0 Å². The summed E-state index contributed by atoms with van der Waals surface area (Å²) < 4.78 is 0. The molecule has 0 radical (unpaired) electrons. The highest BCUT2D eigenvalue weighted by molar-refractivity contribution is 4.89. The quantitative estimate of drug-likeness (QED) is 0.560. The maximum atomic E-state index is 9.54. The van der Waals surface area contributed by atoms with E-state index in [0.717, 1.165) is 0 Å². The van der Waals surface area contributed by atoms with Crippen molar-refractivity contribution in [1.29, 1.82) is 0 Å². The maximum Gasteiger partial charge on any atom is 0.0775 e. The molecule has 0 rings (SSSR count). The Morgan fingerprint density at radius 3 is 2.60 bits per heavy atom. The van der Waals surface area contributed by atoms with Crippen molar-refractivity contribution < 1.29 is 5.11 Å². The van der Waals surface area contributed by atoms with E-state index in [-0.39, 0.29) is 0 Å². The van der Waals surface area contributed by atoms with Gasteiger partial charge in [0.15, 0.2) is 0 Å². The van der Waals surface area contributed by atoms with Crippen LogP contribution in [-0.2, 0) is 0 Å². The third kappa shape index (κ3) is 2.86. The SMILES string of the molecule is C#CCCC(O)(CC)CN. The van der Waals surface area contributed by atoms with Crippen LogP contribution in [0.25, 0.3) is 0 Å². The van der Waals surface area contributed by atoms with E-state index < -0.39 is 5.60 Å². The molecule has 1 unspecified atom stereocenters. The van der Waals surface area contributed by atoms with Crippen LogP contribution in [0, 0.1) is 12.3 Å². The first-order valence-corrected chi connectivity index (χ1v) is 3.54. The molecule has 0 heterocycles. The van der Waals surface area contributed by atoms with E-state index >= 15 is 0 Å². The Morgan fingerprint density at radius 1 is 1.70 bits per heavy atom. The Kier molecular flexibility index (Phi) is 4.10. The molecule has 10 heavy (non-hydrogen) atoms. The van der Waals surface area contributed by atoms with E-state index in [0.29, 0.717) is 25.8 Å². The molecular formula is C8H15NO. The summed E-state index contributed by atoms with van der Waals surface area (Å²) in [5.74, 6) is 2.48. The average Bonchev–Trinajstić information content (AvgIpc) is 2.00. The molecule has 2 heteroatoms. The Hall–Kier alpha value is -0.520. The molecule has 0 aromatic rings. The zero-order valence-electron chi connectivity index (χ0n) is 6.43. The molecule has 0 amide bonds. The molecule has 58 valence electrons. The highest BCUT2D eigenvalue weighted by atomic mass is 16.3. The molecule has 0 saturated heterocycles. The Bertz CT molecular complexity index is 122. The molecule has 0 aliphatic heterocycles. The third-order valence-electron chi connectivity index (χ3n) is 1.77. The first-order chi connectivity index (χ1) is 4.68. The summed E-state index contributed by atoms with van der Waals surface area (Å²) >= 11 is 0. The van der Waals surface area contributed by atoms with Crippen molar-refractivity contribution in [2.45, 2.75) is 31.8 Å². The topological polar surface area (TPSA) is 46.2 Å². The molecule has 0 aliphatic rings. The minimum Gasteiger partial charge on any atom is -0.389 e. The zero-order chi connectivity index (χ0) is 8.04. The van der Waals surface area contributed by atoms with E-state index in [4.69, 9.17) is 12.2 Å². The van der Waals surface area contributed by atoms with Crippen LogP contribution in [-0.4, -0.2) is 17.3 Å². The number of hydrogen-bond acceptors (Lipinski definition) is 2. The van der Waals surface area contributed by atoms with Gasteiger partial charge in [0.05, 0.1) is 5.60 Å². The van der Waals surface area contributed by atoms with Crippen LogP contribution in [0.4, 0.5) is 0 Å². The first-order valence-electron chi connectivity index (χ1n) is 3.54. The van der Waals surface area contributed by atoms with Crippen molar-refractivity contribution in [2.24, 2.45) is 5.73 Å². The summed E-state index contributed by atoms with van der Waals surface area (Å²) in [6.45, 7) is 2.20. The molecule has 3 N–H and O–H groups in total. The minimum absolute atomic E-state index is 0.297. The normalized spacial score (nSPS) is 15.8. The van der Waals surface area contributed by atoms with Gasteiger partial charge in [0, 0.05) is 13.0 Å². The van der Waals surface area contributed by atoms with E-state index in [9.17, 15) is 5.11 Å². The lowest BCUT2D eigenvalue weighted by Crippen LogP contribution is -2.36. The van der Waals surface area contributed by atoms with Gasteiger partial charge in [-0.3, -0.25) is 0 Å². The Labute approximate surface area is 62.4 Å². The Balaban J connectivity index is 3.71. The summed E-state index contributed by atoms with van der Waals surface area (Å²) in [4.78, 5) is 0. The maximum absolute atomic E-state index is 9.54. The van der Waals surface area contributed by atoms with Crippen molar-refractivity contribution in [1.82, 2.24) is 0 Å². The number of hydrogen-bond donors (Lipinski definition) is 2. The second kappa shape index (κ2) is 4.32. The fraction of sp³-hybridized carbons (Fsp3) is 0.750. The van der Waals surface area contributed by atoms with Crippen molar-refractivity contribution in [3.8, 4) is 12.3 Å². The van der Waals surface area contributed by atoms with Gasteiger partial charge in [-0.05, 0) is 12.8 Å². The minimum atomic E-state index is -0.730. The van der Waals surface area contributed by atoms with Gasteiger partial charge in [-0.2, -0.15) is 0 Å². The van der Waals surface area contributed by atoms with Crippen molar-refractivity contribution in [3.63, 3.8) is 0 Å². The van der Waals surface area contributed by atoms with Gasteiger partial charge >= 0.3 is 0 Å². The summed E-state index contributed by atoms with van der Waals surface area (Å²) in [6, 6.07) is 0. The Morgan fingerprint density at radius 2 is 2.30 bits per heavy atom. The molecule has 0 fully saturated rings. The van der Waals surface area contributed by atoms with Crippen molar-refractivity contribution in [2.75, 3.05) is 6.54 Å². The van der Waals surface area contributed by atoms with E-state index in [1.54, 1.807) is 0 Å². The monoisotopic (exact) mass is 141 g/mol. The van der Waals surface area contributed by atoms with Gasteiger partial charge in [0.25, 0.3) is 0 Å². The standard InChI is InChI=1S/C8H15NO/c1-3-5-6-8(10,4-2)7-9/h1,10H,4-7,9H2,2H3. The van der Waals surface area contributed by atoms with Crippen LogP contribution in [0.3, 0.4) is 0 Å². The van der Waals surface area contributed by atoms with Crippen LogP contribution in [0.2, 0.25) is 0 Å². The van der Waals surface area contributed by atoms with Crippen LogP contribution >= 0.6 is 0 Å². The lowest BCUT2D eigenvalue weighted by Gasteiger charge is -2.23. The molecule has 0 saturated carbocycles. The van der Waals surface area contributed by atoms with Gasteiger partial charge in [-0.25, -0.2) is 0 Å². The molecule has 0 spiro atoms. The summed E-state index contributed by atoms with van der Waals surface area (Å²) in [5, 5.41) is 9.54. The molecule has 2 nitrogen and oxygen atoms in total. The first kappa shape index (κ1) is 9.48. The third-order valence-corrected chi connectivity index (χ3v) is 1.77. The van der Waals surface area contributed by atoms with E-state index in [1.165, 1.54) is 0 Å². The van der Waals surface area contributed by atoms with Crippen LogP contribution in [0.15, 0.2) is 0 Å². The van der Waals surface area contributed by atoms with Crippen molar-refractivity contribution >= 4 is 0 Å². The van der Waals surface area contributed by atoms with Crippen LogP contribution in [0.1, 0.15) is 26.2 Å². The molecule has 0 aromatic heterocycles. The smallest absolute Gasteiger partial charge is 0.0775 e. The number of nitrogens with two attached hydrogens (primary N) is 1. The largest absolute Gasteiger partial charge is 0.389 e. The predicted molar refractivity (Wildman–Crippen MR) is 42.4 cm³/mol. The molecule has 0 aromatic carbocycles. The van der Waals surface area contributed by atoms with Gasteiger partial charge in [-0.1, -0.05) is 6.92 Å².